The number of amides is 1. The van der Waals surface area contributed by atoms with Crippen molar-refractivity contribution in [3.05, 3.63) is 39.9 Å². The van der Waals surface area contributed by atoms with Crippen LogP contribution in [0.25, 0.3) is 0 Å². The van der Waals surface area contributed by atoms with Crippen LogP contribution in [0.3, 0.4) is 0 Å². The number of ether oxygens (including phenoxy) is 2. The lowest BCUT2D eigenvalue weighted by Crippen LogP contribution is -2.33. The van der Waals surface area contributed by atoms with Gasteiger partial charge in [-0.1, -0.05) is 18.5 Å². The molecule has 0 saturated heterocycles. The first-order valence-corrected chi connectivity index (χ1v) is 10.2. The van der Waals surface area contributed by atoms with Crippen LogP contribution < -0.4 is 20.7 Å². The Hall–Kier alpha value is -2.51. The highest BCUT2D eigenvalue weighted by molar-refractivity contribution is 6.30. The van der Waals surface area contributed by atoms with Gasteiger partial charge in [0.2, 0.25) is 5.88 Å². The molecular formula is C22H31ClN4O3. The zero-order valence-corrected chi connectivity index (χ0v) is 19.4. The number of benzene rings is 1. The lowest BCUT2D eigenvalue weighted by atomic mass is 10.1. The van der Waals surface area contributed by atoms with Gasteiger partial charge in [-0.3, -0.25) is 4.79 Å². The Kier molecular flexibility index (Phi) is 7.92. The molecule has 0 saturated carbocycles. The number of nitrogens with one attached hydrogen (secondary N) is 1. The summed E-state index contributed by atoms with van der Waals surface area (Å²) in [5.74, 6) is 0.731. The summed E-state index contributed by atoms with van der Waals surface area (Å²) in [5.41, 5.74) is 8.17. The van der Waals surface area contributed by atoms with Crippen LogP contribution in [-0.4, -0.2) is 44.2 Å². The van der Waals surface area contributed by atoms with E-state index in [0.717, 1.165) is 17.5 Å². The highest BCUT2D eigenvalue weighted by atomic mass is 35.5. The maximum atomic E-state index is 12.4. The number of carbonyl (C=O) groups is 1. The van der Waals surface area contributed by atoms with Gasteiger partial charge in [-0.2, -0.15) is 4.98 Å². The minimum absolute atomic E-state index is 0.0302. The van der Waals surface area contributed by atoms with Crippen LogP contribution in [0.5, 0.6) is 11.6 Å². The SMILES string of the molecule is CCC(Nc1cc(N(C)C)nc(Oc2c(C)cc(Cl)cc2C)c1C(N)=O)C(C)OC. The molecule has 0 spiro atoms. The molecule has 0 aliphatic rings. The standard InChI is InChI=1S/C22H31ClN4O3/c1-8-16(14(4)29-7)25-17-11-18(27(5)6)26-22(19(17)21(24)28)30-20-12(2)9-15(23)10-13(20)3/h9-11,14,16H,8H2,1-7H3,(H2,24,28)(H,25,26). The third-order valence-corrected chi connectivity index (χ3v) is 5.24. The number of hydrogen-bond acceptors (Lipinski definition) is 6. The molecule has 1 aromatic carbocycles. The molecule has 2 rings (SSSR count). The van der Waals surface area contributed by atoms with Gasteiger partial charge in [0.1, 0.15) is 17.1 Å². The number of halogens is 1. The van der Waals surface area contributed by atoms with E-state index in [-0.39, 0.29) is 23.6 Å². The summed E-state index contributed by atoms with van der Waals surface area (Å²) in [7, 11) is 5.39. The fraction of sp³-hybridized carbons (Fsp3) is 0.455. The normalized spacial score (nSPS) is 12.9. The molecule has 0 bridgehead atoms. The van der Waals surface area contributed by atoms with Crippen LogP contribution in [0.15, 0.2) is 18.2 Å². The van der Waals surface area contributed by atoms with Crippen molar-refractivity contribution in [3.8, 4) is 11.6 Å². The largest absolute Gasteiger partial charge is 0.437 e. The first-order valence-electron chi connectivity index (χ1n) is 9.85. The van der Waals surface area contributed by atoms with Gasteiger partial charge in [-0.05, 0) is 50.5 Å². The zero-order chi connectivity index (χ0) is 22.6. The Morgan fingerprint density at radius 3 is 2.33 bits per heavy atom. The third-order valence-electron chi connectivity index (χ3n) is 5.02. The number of primary amides is 1. The number of carbonyl (C=O) groups excluding carboxylic acids is 1. The minimum Gasteiger partial charge on any atom is -0.437 e. The number of anilines is 2. The van der Waals surface area contributed by atoms with Crippen LogP contribution in [-0.2, 0) is 4.74 Å². The number of methoxy groups -OCH3 is 1. The molecule has 2 atom stereocenters. The summed E-state index contributed by atoms with van der Waals surface area (Å²) in [6.07, 6.45) is 0.718. The van der Waals surface area contributed by atoms with E-state index >= 15 is 0 Å². The third kappa shape index (κ3) is 5.34. The Labute approximate surface area is 183 Å². The van der Waals surface area contributed by atoms with Crippen molar-refractivity contribution in [1.82, 2.24) is 4.98 Å². The molecule has 164 valence electrons. The van der Waals surface area contributed by atoms with Crippen molar-refractivity contribution >= 4 is 29.0 Å². The zero-order valence-electron chi connectivity index (χ0n) is 18.7. The average Bonchev–Trinajstić information content (AvgIpc) is 2.67. The lowest BCUT2D eigenvalue weighted by molar-refractivity contribution is 0.0984. The first kappa shape index (κ1) is 23.8. The van der Waals surface area contributed by atoms with E-state index < -0.39 is 5.91 Å². The summed E-state index contributed by atoms with van der Waals surface area (Å²) in [4.78, 5) is 18.8. The number of rotatable bonds is 9. The summed E-state index contributed by atoms with van der Waals surface area (Å²) >= 11 is 6.14. The maximum absolute atomic E-state index is 12.4. The van der Waals surface area contributed by atoms with Crippen molar-refractivity contribution < 1.29 is 14.3 Å². The Morgan fingerprint density at radius 2 is 1.87 bits per heavy atom. The van der Waals surface area contributed by atoms with Gasteiger partial charge < -0.3 is 25.4 Å². The fourth-order valence-corrected chi connectivity index (χ4v) is 3.56. The van der Waals surface area contributed by atoms with Crippen molar-refractivity contribution in [2.75, 3.05) is 31.4 Å². The molecule has 7 nitrogen and oxygen atoms in total. The Balaban J connectivity index is 2.64. The van der Waals surface area contributed by atoms with E-state index in [1.165, 1.54) is 0 Å². The Morgan fingerprint density at radius 1 is 1.27 bits per heavy atom. The highest BCUT2D eigenvalue weighted by Crippen LogP contribution is 2.36. The molecule has 3 N–H and O–H groups in total. The molecule has 1 amide bonds. The predicted octanol–water partition coefficient (Wildman–Crippen LogP) is 4.53. The number of nitrogens with zero attached hydrogens (tertiary/aromatic N) is 2. The van der Waals surface area contributed by atoms with Crippen molar-refractivity contribution in [2.45, 2.75) is 46.3 Å². The number of aryl methyl sites for hydroxylation is 2. The fourth-order valence-electron chi connectivity index (χ4n) is 3.23. The van der Waals surface area contributed by atoms with Crippen molar-refractivity contribution in [1.29, 1.82) is 0 Å². The second-order valence-electron chi connectivity index (χ2n) is 7.54. The molecule has 1 aromatic heterocycles. The topological polar surface area (TPSA) is 89.7 Å². The molecule has 2 unspecified atom stereocenters. The van der Waals surface area contributed by atoms with Crippen molar-refractivity contribution in [2.24, 2.45) is 5.73 Å². The van der Waals surface area contributed by atoms with E-state index in [9.17, 15) is 4.79 Å². The molecule has 0 radical (unpaired) electrons. The van der Waals surface area contributed by atoms with Gasteiger partial charge in [0.15, 0.2) is 0 Å². The van der Waals surface area contributed by atoms with E-state index in [0.29, 0.717) is 22.3 Å². The van der Waals surface area contributed by atoms with Crippen LogP contribution in [0.1, 0.15) is 41.8 Å². The van der Waals surface area contributed by atoms with Crippen LogP contribution in [0, 0.1) is 13.8 Å². The number of hydrogen-bond donors (Lipinski definition) is 2. The van der Waals surface area contributed by atoms with Gasteiger partial charge in [0, 0.05) is 32.3 Å². The quantitative estimate of drug-likeness (QED) is 0.602. The molecule has 0 aliphatic carbocycles. The van der Waals surface area contributed by atoms with E-state index in [2.05, 4.69) is 10.3 Å². The van der Waals surface area contributed by atoms with Gasteiger partial charge >= 0.3 is 0 Å². The lowest BCUT2D eigenvalue weighted by Gasteiger charge is -2.26. The highest BCUT2D eigenvalue weighted by Gasteiger charge is 2.24. The summed E-state index contributed by atoms with van der Waals surface area (Å²) in [6.45, 7) is 7.79. The predicted molar refractivity (Wildman–Crippen MR) is 122 cm³/mol. The number of pyridine rings is 1. The van der Waals surface area contributed by atoms with Gasteiger partial charge in [0.05, 0.1) is 17.8 Å². The average molecular weight is 435 g/mol. The Bertz CT molecular complexity index is 894. The van der Waals surface area contributed by atoms with Gasteiger partial charge in [0.25, 0.3) is 5.91 Å². The van der Waals surface area contributed by atoms with E-state index in [4.69, 9.17) is 26.8 Å². The second kappa shape index (κ2) is 10.00. The molecule has 8 heteroatoms. The van der Waals surface area contributed by atoms with Crippen LogP contribution in [0.4, 0.5) is 11.5 Å². The molecule has 0 fully saturated rings. The number of aromatic nitrogens is 1. The smallest absolute Gasteiger partial charge is 0.256 e. The first-order chi connectivity index (χ1) is 14.1. The molecular weight excluding hydrogens is 404 g/mol. The van der Waals surface area contributed by atoms with E-state index in [1.807, 2.05) is 46.7 Å². The molecule has 0 aliphatic heterocycles. The van der Waals surface area contributed by atoms with Crippen LogP contribution in [0.2, 0.25) is 5.02 Å². The van der Waals surface area contributed by atoms with E-state index in [1.54, 1.807) is 25.3 Å². The van der Waals surface area contributed by atoms with Crippen molar-refractivity contribution in [3.63, 3.8) is 0 Å². The molecule has 2 aromatic rings. The summed E-state index contributed by atoms with van der Waals surface area (Å²) in [6, 6.07) is 5.36. The number of nitrogens with two attached hydrogens (primary N) is 1. The van der Waals surface area contributed by atoms with Crippen LogP contribution >= 0.6 is 11.6 Å². The second-order valence-corrected chi connectivity index (χ2v) is 7.97. The van der Waals surface area contributed by atoms with Gasteiger partial charge in [-0.25, -0.2) is 0 Å². The summed E-state index contributed by atoms with van der Waals surface area (Å²) in [5, 5.41) is 4.01. The van der Waals surface area contributed by atoms with Gasteiger partial charge in [-0.15, -0.1) is 0 Å². The maximum Gasteiger partial charge on any atom is 0.256 e. The minimum atomic E-state index is -0.630. The molecule has 1 heterocycles. The summed E-state index contributed by atoms with van der Waals surface area (Å²) < 4.78 is 11.6. The molecule has 30 heavy (non-hydrogen) atoms. The monoisotopic (exact) mass is 434 g/mol.